The molecule has 0 amide bonds. The molecule has 4 heteroatoms. The standard InChI is InChI=1S/C16H23N3O/c1-5-7-8-14(6-2)10-19-11-15(18-12-19)9-16(17-4)13(3)20/h5-8,11-12,16-17H,2,9-10H2,1,3-4H3/b7-5-,14-8+. The van der Waals surface area contributed by atoms with Crippen LogP contribution in [-0.4, -0.2) is 28.4 Å². The smallest absolute Gasteiger partial charge is 0.147 e. The number of ketones is 1. The summed E-state index contributed by atoms with van der Waals surface area (Å²) in [5.41, 5.74) is 2.03. The van der Waals surface area contributed by atoms with E-state index in [0.717, 1.165) is 17.8 Å². The number of carbonyl (C=O) groups excluding carboxylic acids is 1. The second kappa shape index (κ2) is 8.27. The number of nitrogens with zero attached hydrogens (tertiary/aromatic N) is 2. The molecule has 1 aromatic rings. The van der Waals surface area contributed by atoms with Crippen molar-refractivity contribution in [2.45, 2.75) is 32.9 Å². The maximum atomic E-state index is 11.4. The van der Waals surface area contributed by atoms with Gasteiger partial charge in [-0.05, 0) is 26.5 Å². The molecule has 1 aromatic heterocycles. The van der Waals surface area contributed by atoms with E-state index in [1.807, 2.05) is 42.0 Å². The SMILES string of the molecule is C=C/C(=C\C=C/C)Cn1cnc(CC(NC)C(C)=O)c1. The number of allylic oxidation sites excluding steroid dienone is 5. The highest BCUT2D eigenvalue weighted by molar-refractivity contribution is 5.81. The van der Waals surface area contributed by atoms with Crippen LogP contribution in [0.5, 0.6) is 0 Å². The number of Topliss-reactive ketones (excluding diaryl/α,β-unsaturated/α-hetero) is 1. The minimum absolute atomic E-state index is 0.127. The van der Waals surface area contributed by atoms with E-state index in [2.05, 4.69) is 16.9 Å². The number of imidazole rings is 1. The highest BCUT2D eigenvalue weighted by Crippen LogP contribution is 2.06. The van der Waals surface area contributed by atoms with E-state index in [1.54, 1.807) is 20.3 Å². The monoisotopic (exact) mass is 273 g/mol. The van der Waals surface area contributed by atoms with Crippen molar-refractivity contribution in [3.63, 3.8) is 0 Å². The summed E-state index contributed by atoms with van der Waals surface area (Å²) in [5, 5.41) is 3.00. The van der Waals surface area contributed by atoms with Crippen LogP contribution in [0.4, 0.5) is 0 Å². The van der Waals surface area contributed by atoms with Crippen LogP contribution in [0.15, 0.2) is 49.0 Å². The summed E-state index contributed by atoms with van der Waals surface area (Å²) in [6, 6.07) is -0.171. The van der Waals surface area contributed by atoms with E-state index in [1.165, 1.54) is 0 Å². The molecule has 1 heterocycles. The molecule has 0 bridgehead atoms. The Hall–Kier alpha value is -1.94. The predicted molar refractivity (Wildman–Crippen MR) is 82.6 cm³/mol. The van der Waals surface area contributed by atoms with Gasteiger partial charge in [0.1, 0.15) is 5.78 Å². The van der Waals surface area contributed by atoms with Crippen molar-refractivity contribution >= 4 is 5.78 Å². The Morgan fingerprint density at radius 2 is 2.35 bits per heavy atom. The van der Waals surface area contributed by atoms with Gasteiger partial charge in [0.05, 0.1) is 18.1 Å². The number of rotatable bonds is 8. The number of likely N-dealkylation sites (N-methyl/N-ethyl adjacent to an activating group) is 1. The van der Waals surface area contributed by atoms with Crippen molar-refractivity contribution < 1.29 is 4.79 Å². The summed E-state index contributed by atoms with van der Waals surface area (Å²) in [6.45, 7) is 8.11. The molecule has 20 heavy (non-hydrogen) atoms. The lowest BCUT2D eigenvalue weighted by molar-refractivity contribution is -0.118. The second-order valence-corrected chi connectivity index (χ2v) is 4.66. The molecule has 0 aliphatic heterocycles. The molecule has 0 radical (unpaired) electrons. The van der Waals surface area contributed by atoms with Gasteiger partial charge in [-0.15, -0.1) is 0 Å². The van der Waals surface area contributed by atoms with E-state index in [-0.39, 0.29) is 11.8 Å². The van der Waals surface area contributed by atoms with Gasteiger partial charge < -0.3 is 9.88 Å². The van der Waals surface area contributed by atoms with E-state index in [0.29, 0.717) is 6.42 Å². The topological polar surface area (TPSA) is 46.9 Å². The van der Waals surface area contributed by atoms with Crippen LogP contribution in [0.3, 0.4) is 0 Å². The highest BCUT2D eigenvalue weighted by Gasteiger charge is 2.13. The first-order valence-corrected chi connectivity index (χ1v) is 6.73. The van der Waals surface area contributed by atoms with Gasteiger partial charge in [-0.25, -0.2) is 4.98 Å². The van der Waals surface area contributed by atoms with Gasteiger partial charge in [-0.3, -0.25) is 4.79 Å². The molecule has 4 nitrogen and oxygen atoms in total. The lowest BCUT2D eigenvalue weighted by atomic mass is 10.1. The Balaban J connectivity index is 2.72. The van der Waals surface area contributed by atoms with Gasteiger partial charge in [-0.1, -0.05) is 30.9 Å². The van der Waals surface area contributed by atoms with Crippen molar-refractivity contribution in [2.75, 3.05) is 7.05 Å². The van der Waals surface area contributed by atoms with Crippen molar-refractivity contribution in [1.82, 2.24) is 14.9 Å². The highest BCUT2D eigenvalue weighted by atomic mass is 16.1. The van der Waals surface area contributed by atoms with E-state index in [9.17, 15) is 4.79 Å². The summed E-state index contributed by atoms with van der Waals surface area (Å²) in [7, 11) is 1.79. The summed E-state index contributed by atoms with van der Waals surface area (Å²) in [6.07, 6.45) is 12.2. The molecular formula is C16H23N3O. The van der Waals surface area contributed by atoms with Crippen molar-refractivity contribution in [3.05, 3.63) is 54.7 Å². The average Bonchev–Trinajstić information content (AvgIpc) is 2.87. The molecule has 1 unspecified atom stereocenters. The maximum Gasteiger partial charge on any atom is 0.147 e. The van der Waals surface area contributed by atoms with Gasteiger partial charge >= 0.3 is 0 Å². The lowest BCUT2D eigenvalue weighted by Gasteiger charge is -2.10. The van der Waals surface area contributed by atoms with Crippen LogP contribution >= 0.6 is 0 Å². The summed E-state index contributed by atoms with van der Waals surface area (Å²) >= 11 is 0. The fraction of sp³-hybridized carbons (Fsp3) is 0.375. The van der Waals surface area contributed by atoms with Crippen LogP contribution < -0.4 is 5.32 Å². The molecule has 0 saturated carbocycles. The van der Waals surface area contributed by atoms with Crippen LogP contribution in [0, 0.1) is 0 Å². The molecule has 108 valence electrons. The van der Waals surface area contributed by atoms with Gasteiger partial charge in [0, 0.05) is 19.2 Å². The van der Waals surface area contributed by atoms with E-state index >= 15 is 0 Å². The first-order valence-electron chi connectivity index (χ1n) is 6.73. The third-order valence-corrected chi connectivity index (χ3v) is 3.07. The Kier molecular flexibility index (Phi) is 6.67. The Labute approximate surface area is 120 Å². The lowest BCUT2D eigenvalue weighted by Crippen LogP contribution is -2.34. The second-order valence-electron chi connectivity index (χ2n) is 4.66. The predicted octanol–water partition coefficient (Wildman–Crippen LogP) is 2.29. The van der Waals surface area contributed by atoms with Crippen LogP contribution in [0.2, 0.25) is 0 Å². The third-order valence-electron chi connectivity index (χ3n) is 3.07. The molecule has 1 N–H and O–H groups in total. The molecule has 0 aromatic carbocycles. The Morgan fingerprint density at radius 1 is 1.60 bits per heavy atom. The van der Waals surface area contributed by atoms with E-state index < -0.39 is 0 Å². The first kappa shape index (κ1) is 16.1. The summed E-state index contributed by atoms with van der Waals surface area (Å²) < 4.78 is 2.00. The number of aromatic nitrogens is 2. The molecule has 0 fully saturated rings. The minimum Gasteiger partial charge on any atom is -0.333 e. The quantitative estimate of drug-likeness (QED) is 0.739. The molecule has 1 rings (SSSR count). The number of carbonyl (C=O) groups is 1. The zero-order valence-corrected chi connectivity index (χ0v) is 12.5. The molecule has 1 atom stereocenters. The van der Waals surface area contributed by atoms with Crippen LogP contribution in [-0.2, 0) is 17.8 Å². The first-order chi connectivity index (χ1) is 9.60. The minimum atomic E-state index is -0.171. The van der Waals surface area contributed by atoms with Gasteiger partial charge in [0.15, 0.2) is 0 Å². The fourth-order valence-electron chi connectivity index (χ4n) is 1.87. The van der Waals surface area contributed by atoms with Crippen LogP contribution in [0.25, 0.3) is 0 Å². The average molecular weight is 273 g/mol. The summed E-state index contributed by atoms with van der Waals surface area (Å²) in [4.78, 5) is 15.7. The molecular weight excluding hydrogens is 250 g/mol. The largest absolute Gasteiger partial charge is 0.333 e. The summed E-state index contributed by atoms with van der Waals surface area (Å²) in [5.74, 6) is 0.127. The van der Waals surface area contributed by atoms with Crippen LogP contribution in [0.1, 0.15) is 19.5 Å². The Morgan fingerprint density at radius 3 is 2.90 bits per heavy atom. The normalized spacial score (nSPS) is 13.7. The molecule has 0 aliphatic rings. The van der Waals surface area contributed by atoms with Crippen molar-refractivity contribution in [1.29, 1.82) is 0 Å². The molecule has 0 spiro atoms. The number of hydrogen-bond acceptors (Lipinski definition) is 3. The Bertz CT molecular complexity index is 512. The van der Waals surface area contributed by atoms with Gasteiger partial charge in [0.25, 0.3) is 0 Å². The van der Waals surface area contributed by atoms with E-state index in [4.69, 9.17) is 0 Å². The molecule has 0 aliphatic carbocycles. The third kappa shape index (κ3) is 4.97. The zero-order chi connectivity index (χ0) is 15.0. The maximum absolute atomic E-state index is 11.4. The van der Waals surface area contributed by atoms with Crippen molar-refractivity contribution in [3.8, 4) is 0 Å². The van der Waals surface area contributed by atoms with Gasteiger partial charge in [0.2, 0.25) is 0 Å². The van der Waals surface area contributed by atoms with Gasteiger partial charge in [-0.2, -0.15) is 0 Å². The number of nitrogens with one attached hydrogen (secondary N) is 1. The molecule has 0 saturated heterocycles. The van der Waals surface area contributed by atoms with Crippen molar-refractivity contribution in [2.24, 2.45) is 0 Å². The fourth-order valence-corrected chi connectivity index (χ4v) is 1.87. The zero-order valence-electron chi connectivity index (χ0n) is 12.5. The number of hydrogen-bond donors (Lipinski definition) is 1.